The van der Waals surface area contributed by atoms with E-state index >= 15 is 0 Å². The SMILES string of the molecule is COC(=O)C[C@@H]1OC[C@H]2O[C@H]3C=C[C@H]4O[C@H]5[C@H](O)[C@H]6OCC=CC[C@@H]6O[C@@H]5C[C@@H]4O[C@@H]3C/C=C\[C@@H]2O1. The molecule has 3 fully saturated rings. The monoisotopic (exact) mass is 506 g/mol. The first-order chi connectivity index (χ1) is 17.6. The summed E-state index contributed by atoms with van der Waals surface area (Å²) in [5.74, 6) is -0.385. The van der Waals surface area contributed by atoms with Gasteiger partial charge in [0.25, 0.3) is 0 Å². The van der Waals surface area contributed by atoms with E-state index in [2.05, 4.69) is 0 Å². The zero-order chi connectivity index (χ0) is 24.6. The number of rotatable bonds is 2. The molecule has 0 aliphatic carbocycles. The van der Waals surface area contributed by atoms with E-state index in [1.165, 1.54) is 7.11 Å². The number of ether oxygens (including phenoxy) is 8. The number of aliphatic hydroxyl groups excluding tert-OH is 1. The first-order valence-electron chi connectivity index (χ1n) is 12.8. The predicted molar refractivity (Wildman–Crippen MR) is 123 cm³/mol. The normalized spacial score (nSPS) is 48.8. The Hall–Kier alpha value is -1.63. The van der Waals surface area contributed by atoms with Gasteiger partial charge in [0.2, 0.25) is 0 Å². The summed E-state index contributed by atoms with van der Waals surface area (Å²) in [5.41, 5.74) is 0. The van der Waals surface area contributed by atoms with Gasteiger partial charge in [-0.15, -0.1) is 0 Å². The van der Waals surface area contributed by atoms with Crippen molar-refractivity contribution in [1.82, 2.24) is 0 Å². The van der Waals surface area contributed by atoms with Crippen LogP contribution in [0.1, 0.15) is 25.7 Å². The van der Waals surface area contributed by atoms with E-state index in [1.54, 1.807) is 0 Å². The molecule has 10 nitrogen and oxygen atoms in total. The second-order valence-corrected chi connectivity index (χ2v) is 10.1. The second kappa shape index (κ2) is 10.6. The van der Waals surface area contributed by atoms with E-state index in [9.17, 15) is 9.90 Å². The lowest BCUT2D eigenvalue weighted by molar-refractivity contribution is -0.289. The van der Waals surface area contributed by atoms with Crippen LogP contribution in [0.2, 0.25) is 0 Å². The van der Waals surface area contributed by atoms with Crippen LogP contribution in [0, 0.1) is 0 Å². The molecule has 10 heteroatoms. The Kier molecular flexibility index (Phi) is 7.29. The fourth-order valence-electron chi connectivity index (χ4n) is 5.89. The molecule has 0 spiro atoms. The van der Waals surface area contributed by atoms with Crippen LogP contribution in [0.25, 0.3) is 0 Å². The van der Waals surface area contributed by atoms with Crippen molar-refractivity contribution in [3.8, 4) is 0 Å². The van der Waals surface area contributed by atoms with E-state index in [0.29, 0.717) is 32.5 Å². The maximum Gasteiger partial charge on any atom is 0.310 e. The Bertz CT molecular complexity index is 888. The van der Waals surface area contributed by atoms with Gasteiger partial charge in [-0.1, -0.05) is 36.5 Å². The Morgan fingerprint density at radius 3 is 2.44 bits per heavy atom. The minimum atomic E-state index is -0.769. The summed E-state index contributed by atoms with van der Waals surface area (Å²) in [6.45, 7) is 0.750. The molecule has 6 aliphatic rings. The maximum absolute atomic E-state index is 11.6. The number of aliphatic hydroxyl groups is 1. The molecular weight excluding hydrogens is 472 g/mol. The number of fused-ring (bicyclic) bond motifs is 5. The Labute approximate surface area is 210 Å². The van der Waals surface area contributed by atoms with Gasteiger partial charge in [-0.05, 0) is 12.8 Å². The largest absolute Gasteiger partial charge is 0.469 e. The van der Waals surface area contributed by atoms with Crippen LogP contribution in [0.3, 0.4) is 0 Å². The first-order valence-corrected chi connectivity index (χ1v) is 12.8. The molecule has 6 aliphatic heterocycles. The minimum absolute atomic E-state index is 0.0304. The summed E-state index contributed by atoms with van der Waals surface area (Å²) in [7, 11) is 1.34. The van der Waals surface area contributed by atoms with Gasteiger partial charge in [0.1, 0.15) is 42.7 Å². The Balaban J connectivity index is 1.14. The van der Waals surface area contributed by atoms with Gasteiger partial charge in [-0.2, -0.15) is 0 Å². The van der Waals surface area contributed by atoms with Gasteiger partial charge in [0.15, 0.2) is 6.29 Å². The van der Waals surface area contributed by atoms with Crippen molar-refractivity contribution in [3.63, 3.8) is 0 Å². The molecule has 12 atom stereocenters. The van der Waals surface area contributed by atoms with Gasteiger partial charge in [-0.25, -0.2) is 0 Å². The van der Waals surface area contributed by atoms with Gasteiger partial charge in [0.05, 0.1) is 51.2 Å². The van der Waals surface area contributed by atoms with Gasteiger partial charge in [-0.3, -0.25) is 4.79 Å². The van der Waals surface area contributed by atoms with E-state index in [4.69, 9.17) is 37.9 Å². The lowest BCUT2D eigenvalue weighted by atomic mass is 9.87. The van der Waals surface area contributed by atoms with Crippen LogP contribution in [0.5, 0.6) is 0 Å². The zero-order valence-electron chi connectivity index (χ0n) is 20.3. The van der Waals surface area contributed by atoms with Gasteiger partial charge in [0, 0.05) is 6.42 Å². The molecule has 1 N–H and O–H groups in total. The molecule has 6 heterocycles. The zero-order valence-corrected chi connectivity index (χ0v) is 20.3. The summed E-state index contributed by atoms with van der Waals surface area (Å²) in [5, 5.41) is 11.1. The van der Waals surface area contributed by atoms with Crippen LogP contribution in [0.4, 0.5) is 0 Å². The quantitative estimate of drug-likeness (QED) is 0.429. The van der Waals surface area contributed by atoms with Crippen molar-refractivity contribution >= 4 is 5.97 Å². The highest BCUT2D eigenvalue weighted by Crippen LogP contribution is 2.38. The van der Waals surface area contributed by atoms with Crippen LogP contribution in [0.15, 0.2) is 36.5 Å². The number of esters is 1. The predicted octanol–water partition coefficient (Wildman–Crippen LogP) is 0.959. The molecule has 6 rings (SSSR count). The third-order valence-electron chi connectivity index (χ3n) is 7.74. The van der Waals surface area contributed by atoms with E-state index in [0.717, 1.165) is 0 Å². The maximum atomic E-state index is 11.6. The average molecular weight is 507 g/mol. The molecule has 3 saturated heterocycles. The van der Waals surface area contributed by atoms with Crippen LogP contribution >= 0.6 is 0 Å². The summed E-state index contributed by atoms with van der Waals surface area (Å²) < 4.78 is 47.9. The average Bonchev–Trinajstić information content (AvgIpc) is 3.20. The highest BCUT2D eigenvalue weighted by Gasteiger charge is 2.52. The number of methoxy groups -OCH3 is 1. The summed E-state index contributed by atoms with van der Waals surface area (Å²) in [6.07, 6.45) is 9.36. The second-order valence-electron chi connectivity index (χ2n) is 10.1. The standard InChI is InChI=1S/C26H34O10/c1-29-22(27)12-23-31-13-21-15(35-23)7-4-6-14-16(33-21)8-9-17-19(32-14)11-20-26(36-17)24(28)25-18(34-20)5-2-3-10-30-25/h2-4,7-9,14-21,23-26,28H,5-6,10-13H2,1H3/b7-4-/t14-,15+,16+,17-,18+,19+,20-,21-,23-,24-,25+,26-/m1/s1. The molecule has 0 amide bonds. The Morgan fingerprint density at radius 2 is 1.58 bits per heavy atom. The topological polar surface area (TPSA) is 111 Å². The van der Waals surface area contributed by atoms with Crippen molar-refractivity contribution in [2.45, 2.75) is 99.1 Å². The van der Waals surface area contributed by atoms with Crippen molar-refractivity contribution < 1.29 is 47.8 Å². The third kappa shape index (κ3) is 4.93. The highest BCUT2D eigenvalue weighted by atomic mass is 16.7. The fourth-order valence-corrected chi connectivity index (χ4v) is 5.89. The summed E-state index contributed by atoms with van der Waals surface area (Å²) in [6, 6.07) is 0. The molecule has 0 bridgehead atoms. The molecule has 0 radical (unpaired) electrons. The van der Waals surface area contributed by atoms with Crippen molar-refractivity contribution in [2.24, 2.45) is 0 Å². The van der Waals surface area contributed by atoms with Crippen molar-refractivity contribution in [3.05, 3.63) is 36.5 Å². The van der Waals surface area contributed by atoms with Gasteiger partial charge < -0.3 is 43.0 Å². The van der Waals surface area contributed by atoms with Crippen LogP contribution < -0.4 is 0 Å². The molecule has 36 heavy (non-hydrogen) atoms. The molecule has 0 aromatic carbocycles. The van der Waals surface area contributed by atoms with Gasteiger partial charge >= 0.3 is 5.97 Å². The van der Waals surface area contributed by atoms with Crippen LogP contribution in [-0.4, -0.2) is 105 Å². The third-order valence-corrected chi connectivity index (χ3v) is 7.74. The molecule has 0 aromatic heterocycles. The number of hydrogen-bond donors (Lipinski definition) is 1. The fraction of sp³-hybridized carbons (Fsp3) is 0.731. The first kappa shape index (κ1) is 24.7. The molecule has 0 aromatic rings. The smallest absolute Gasteiger partial charge is 0.310 e. The van der Waals surface area contributed by atoms with Crippen molar-refractivity contribution in [1.29, 1.82) is 0 Å². The Morgan fingerprint density at radius 1 is 0.806 bits per heavy atom. The minimum Gasteiger partial charge on any atom is -0.469 e. The van der Waals surface area contributed by atoms with Crippen LogP contribution in [-0.2, 0) is 42.7 Å². The lowest BCUT2D eigenvalue weighted by Gasteiger charge is -2.49. The highest BCUT2D eigenvalue weighted by molar-refractivity contribution is 5.69. The number of hydrogen-bond acceptors (Lipinski definition) is 10. The van der Waals surface area contributed by atoms with Crippen molar-refractivity contribution in [2.75, 3.05) is 20.3 Å². The van der Waals surface area contributed by atoms with E-state index in [1.807, 2.05) is 36.5 Å². The summed E-state index contributed by atoms with van der Waals surface area (Å²) >= 11 is 0. The molecular formula is C26H34O10. The van der Waals surface area contributed by atoms with E-state index in [-0.39, 0.29) is 61.2 Å². The van der Waals surface area contributed by atoms with E-state index < -0.39 is 24.6 Å². The molecule has 0 saturated carbocycles. The molecule has 198 valence electrons. The number of carbonyl (C=O) groups excluding carboxylic acids is 1. The summed E-state index contributed by atoms with van der Waals surface area (Å²) in [4.78, 5) is 11.6. The lowest BCUT2D eigenvalue weighted by Crippen LogP contribution is -2.63. The number of carbonyl (C=O) groups is 1. The molecule has 0 unspecified atom stereocenters.